The molecule has 0 spiro atoms. The van der Waals surface area contributed by atoms with E-state index in [9.17, 15) is 4.79 Å². The molecule has 3 rings (SSSR count). The topological polar surface area (TPSA) is 50.8 Å². The first kappa shape index (κ1) is 20.2. The van der Waals surface area contributed by atoms with Gasteiger partial charge in [0.25, 0.3) is 5.91 Å². The number of carbonyl (C=O) groups is 1. The Hall–Kier alpha value is -1.59. The van der Waals surface area contributed by atoms with Crippen molar-refractivity contribution in [1.29, 1.82) is 0 Å². The number of hydrogen-bond donors (Lipinski definition) is 1. The summed E-state index contributed by atoms with van der Waals surface area (Å²) in [6.07, 6.45) is 8.21. The zero-order valence-corrected chi connectivity index (χ0v) is 16.6. The molecule has 1 aromatic carbocycles. The van der Waals surface area contributed by atoms with Gasteiger partial charge >= 0.3 is 0 Å². The number of ether oxygens (including phenoxy) is 2. The van der Waals surface area contributed by atoms with Crippen LogP contribution in [-0.4, -0.2) is 49.8 Å². The number of benzene rings is 1. The van der Waals surface area contributed by atoms with Crippen LogP contribution in [0.15, 0.2) is 24.3 Å². The molecule has 0 bridgehead atoms. The zero-order valence-electron chi connectivity index (χ0n) is 16.6. The van der Waals surface area contributed by atoms with Crippen LogP contribution in [0.25, 0.3) is 0 Å². The van der Waals surface area contributed by atoms with Crippen molar-refractivity contribution in [2.24, 2.45) is 5.92 Å². The quantitative estimate of drug-likeness (QED) is 0.758. The maximum Gasteiger partial charge on any atom is 0.260 e. The van der Waals surface area contributed by atoms with Crippen molar-refractivity contribution in [1.82, 2.24) is 10.2 Å². The maximum absolute atomic E-state index is 12.3. The van der Waals surface area contributed by atoms with Crippen LogP contribution in [0.4, 0.5) is 0 Å². The summed E-state index contributed by atoms with van der Waals surface area (Å²) >= 11 is 0. The smallest absolute Gasteiger partial charge is 0.260 e. The molecule has 1 aromatic rings. The van der Waals surface area contributed by atoms with E-state index in [0.717, 1.165) is 23.8 Å². The summed E-state index contributed by atoms with van der Waals surface area (Å²) in [5.74, 6) is 1.71. The average Bonchev–Trinajstić information content (AvgIpc) is 2.72. The van der Waals surface area contributed by atoms with E-state index in [0.29, 0.717) is 32.3 Å². The molecule has 150 valence electrons. The second-order valence-corrected chi connectivity index (χ2v) is 7.91. The van der Waals surface area contributed by atoms with Gasteiger partial charge in [-0.3, -0.25) is 4.79 Å². The molecule has 27 heavy (non-hydrogen) atoms. The van der Waals surface area contributed by atoms with Gasteiger partial charge < -0.3 is 19.7 Å². The van der Waals surface area contributed by atoms with Crippen LogP contribution >= 0.6 is 0 Å². The highest BCUT2D eigenvalue weighted by molar-refractivity contribution is 5.77. The summed E-state index contributed by atoms with van der Waals surface area (Å²) in [5, 5.41) is 3.65. The van der Waals surface area contributed by atoms with Crippen molar-refractivity contribution in [3.8, 4) is 5.75 Å². The van der Waals surface area contributed by atoms with Crippen molar-refractivity contribution in [3.63, 3.8) is 0 Å². The summed E-state index contributed by atoms with van der Waals surface area (Å²) in [6, 6.07) is 8.52. The Morgan fingerprint density at radius 1 is 1.22 bits per heavy atom. The normalized spacial score (nSPS) is 19.7. The summed E-state index contributed by atoms with van der Waals surface area (Å²) in [6.45, 7) is 5.69. The van der Waals surface area contributed by atoms with E-state index >= 15 is 0 Å². The van der Waals surface area contributed by atoms with Crippen molar-refractivity contribution in [3.05, 3.63) is 29.8 Å². The fourth-order valence-corrected chi connectivity index (χ4v) is 4.12. The van der Waals surface area contributed by atoms with Gasteiger partial charge in [-0.05, 0) is 25.3 Å². The van der Waals surface area contributed by atoms with Crippen LogP contribution in [-0.2, 0) is 16.1 Å². The van der Waals surface area contributed by atoms with Gasteiger partial charge in [-0.1, -0.05) is 50.3 Å². The predicted octanol–water partition coefficient (Wildman–Crippen LogP) is 3.37. The third-order valence-electron chi connectivity index (χ3n) is 5.74. The third kappa shape index (κ3) is 6.51. The number of amides is 1. The number of rotatable bonds is 8. The maximum atomic E-state index is 12.3. The molecule has 2 fully saturated rings. The molecule has 1 unspecified atom stereocenters. The minimum Gasteiger partial charge on any atom is -0.483 e. The minimum atomic E-state index is 0.0340. The predicted molar refractivity (Wildman–Crippen MR) is 107 cm³/mol. The summed E-state index contributed by atoms with van der Waals surface area (Å²) in [5.41, 5.74) is 1.11. The lowest BCUT2D eigenvalue weighted by atomic mass is 9.85. The SMILES string of the molecule is CC(CC1CCCCC1)NCc1ccccc1OCC(=O)N1CCOCC1. The molecular weight excluding hydrogens is 340 g/mol. The highest BCUT2D eigenvalue weighted by atomic mass is 16.5. The average molecular weight is 375 g/mol. The second kappa shape index (κ2) is 10.7. The highest BCUT2D eigenvalue weighted by Gasteiger charge is 2.18. The molecule has 1 aliphatic carbocycles. The lowest BCUT2D eigenvalue weighted by Crippen LogP contribution is -2.43. The van der Waals surface area contributed by atoms with E-state index in [1.54, 1.807) is 0 Å². The lowest BCUT2D eigenvalue weighted by Gasteiger charge is -2.27. The molecule has 1 amide bonds. The van der Waals surface area contributed by atoms with Crippen molar-refractivity contribution >= 4 is 5.91 Å². The van der Waals surface area contributed by atoms with Gasteiger partial charge in [0.2, 0.25) is 0 Å². The monoisotopic (exact) mass is 374 g/mol. The second-order valence-electron chi connectivity index (χ2n) is 7.91. The number of hydrogen-bond acceptors (Lipinski definition) is 4. The molecule has 5 heteroatoms. The van der Waals surface area contributed by atoms with Gasteiger partial charge in [-0.2, -0.15) is 0 Å². The fourth-order valence-electron chi connectivity index (χ4n) is 4.12. The van der Waals surface area contributed by atoms with E-state index < -0.39 is 0 Å². The molecule has 0 aromatic heterocycles. The summed E-state index contributed by atoms with van der Waals surface area (Å²) in [4.78, 5) is 14.1. The highest BCUT2D eigenvalue weighted by Crippen LogP contribution is 2.27. The summed E-state index contributed by atoms with van der Waals surface area (Å²) in [7, 11) is 0. The van der Waals surface area contributed by atoms with Crippen LogP contribution in [0.3, 0.4) is 0 Å². The Morgan fingerprint density at radius 3 is 2.74 bits per heavy atom. The fraction of sp³-hybridized carbons (Fsp3) is 0.682. The van der Waals surface area contributed by atoms with E-state index in [4.69, 9.17) is 9.47 Å². The molecule has 1 heterocycles. The van der Waals surface area contributed by atoms with Crippen LogP contribution < -0.4 is 10.1 Å². The largest absolute Gasteiger partial charge is 0.483 e. The van der Waals surface area contributed by atoms with Gasteiger partial charge in [-0.15, -0.1) is 0 Å². The standard InChI is InChI=1S/C22H34N2O3/c1-18(15-19-7-3-2-4-8-19)23-16-20-9-5-6-10-21(20)27-17-22(25)24-11-13-26-14-12-24/h5-6,9-10,18-19,23H,2-4,7-8,11-17H2,1H3. The van der Waals surface area contributed by atoms with Gasteiger partial charge in [-0.25, -0.2) is 0 Å². The van der Waals surface area contributed by atoms with E-state index in [1.165, 1.54) is 38.5 Å². The Bertz CT molecular complexity index is 581. The van der Waals surface area contributed by atoms with Gasteiger partial charge in [0.1, 0.15) is 5.75 Å². The van der Waals surface area contributed by atoms with Crippen LogP contribution in [0.5, 0.6) is 5.75 Å². The minimum absolute atomic E-state index is 0.0340. The molecular formula is C22H34N2O3. The zero-order chi connectivity index (χ0) is 18.9. The van der Waals surface area contributed by atoms with Gasteiger partial charge in [0.05, 0.1) is 13.2 Å². The lowest BCUT2D eigenvalue weighted by molar-refractivity contribution is -0.137. The van der Waals surface area contributed by atoms with E-state index in [1.807, 2.05) is 23.1 Å². The van der Waals surface area contributed by atoms with Crippen LogP contribution in [0.1, 0.15) is 51.0 Å². The number of nitrogens with zero attached hydrogens (tertiary/aromatic N) is 1. The molecule has 1 N–H and O–H groups in total. The molecule has 5 nitrogen and oxygen atoms in total. The first-order chi connectivity index (χ1) is 13.2. The first-order valence-electron chi connectivity index (χ1n) is 10.5. The number of para-hydroxylation sites is 1. The van der Waals surface area contributed by atoms with Gasteiger partial charge in [0, 0.05) is 31.2 Å². The van der Waals surface area contributed by atoms with Crippen molar-refractivity contribution in [2.75, 3.05) is 32.9 Å². The number of morpholine rings is 1. The Balaban J connectivity index is 1.45. The van der Waals surface area contributed by atoms with Crippen LogP contribution in [0.2, 0.25) is 0 Å². The summed E-state index contributed by atoms with van der Waals surface area (Å²) < 4.78 is 11.2. The third-order valence-corrected chi connectivity index (χ3v) is 5.74. The number of carbonyl (C=O) groups excluding carboxylic acids is 1. The first-order valence-corrected chi connectivity index (χ1v) is 10.5. The number of nitrogens with one attached hydrogen (secondary N) is 1. The van der Waals surface area contributed by atoms with Crippen molar-refractivity contribution in [2.45, 2.75) is 58.0 Å². The van der Waals surface area contributed by atoms with Crippen LogP contribution in [0, 0.1) is 5.92 Å². The molecule has 0 radical (unpaired) electrons. The van der Waals surface area contributed by atoms with Crippen molar-refractivity contribution < 1.29 is 14.3 Å². The molecule has 1 saturated heterocycles. The molecule has 1 atom stereocenters. The Morgan fingerprint density at radius 2 is 1.96 bits per heavy atom. The molecule has 2 aliphatic rings. The Labute approximate surface area is 163 Å². The molecule has 1 saturated carbocycles. The van der Waals surface area contributed by atoms with E-state index in [-0.39, 0.29) is 12.5 Å². The Kier molecular flexibility index (Phi) is 7.96. The van der Waals surface area contributed by atoms with Gasteiger partial charge in [0.15, 0.2) is 6.61 Å². The van der Waals surface area contributed by atoms with E-state index in [2.05, 4.69) is 18.3 Å². The molecule has 1 aliphatic heterocycles.